The van der Waals surface area contributed by atoms with Gasteiger partial charge in [-0.2, -0.15) is 0 Å². The molecule has 0 aliphatic carbocycles. The summed E-state index contributed by atoms with van der Waals surface area (Å²) in [5.74, 6) is 2.09. The number of nitrogens with one attached hydrogen (secondary N) is 1. The van der Waals surface area contributed by atoms with Crippen LogP contribution in [0, 0.1) is 5.92 Å². The van der Waals surface area contributed by atoms with Crippen molar-refractivity contribution in [1.82, 2.24) is 20.1 Å². The summed E-state index contributed by atoms with van der Waals surface area (Å²) in [5.41, 5.74) is 3.02. The molecule has 7 heteroatoms. The lowest BCUT2D eigenvalue weighted by molar-refractivity contribution is 0.0949. The molecule has 0 spiro atoms. The number of ether oxygens (including phenoxy) is 1. The van der Waals surface area contributed by atoms with Crippen molar-refractivity contribution in [3.63, 3.8) is 0 Å². The first kappa shape index (κ1) is 23.0. The van der Waals surface area contributed by atoms with Crippen molar-refractivity contribution in [2.45, 2.75) is 37.7 Å². The van der Waals surface area contributed by atoms with E-state index in [0.717, 1.165) is 28.7 Å². The molecule has 3 aromatic rings. The van der Waals surface area contributed by atoms with E-state index in [0.29, 0.717) is 31.2 Å². The van der Waals surface area contributed by atoms with Crippen LogP contribution in [0.3, 0.4) is 0 Å². The van der Waals surface area contributed by atoms with Gasteiger partial charge in [-0.15, -0.1) is 10.2 Å². The van der Waals surface area contributed by atoms with Crippen LogP contribution in [-0.4, -0.2) is 40.9 Å². The molecule has 0 atom stereocenters. The van der Waals surface area contributed by atoms with Gasteiger partial charge in [0, 0.05) is 37.9 Å². The minimum Gasteiger partial charge on any atom is -0.383 e. The summed E-state index contributed by atoms with van der Waals surface area (Å²) in [4.78, 5) is 12.2. The third-order valence-electron chi connectivity index (χ3n) is 4.77. The predicted octanol–water partition coefficient (Wildman–Crippen LogP) is 4.19. The van der Waals surface area contributed by atoms with Crippen molar-refractivity contribution in [2.75, 3.05) is 20.3 Å². The van der Waals surface area contributed by atoms with Crippen LogP contribution in [0.4, 0.5) is 0 Å². The van der Waals surface area contributed by atoms with E-state index >= 15 is 0 Å². The molecule has 0 radical (unpaired) electrons. The van der Waals surface area contributed by atoms with Gasteiger partial charge in [0.05, 0.1) is 6.61 Å². The van der Waals surface area contributed by atoms with Crippen LogP contribution in [0.25, 0.3) is 0 Å². The smallest absolute Gasteiger partial charge is 0.251 e. The Morgan fingerprint density at radius 3 is 2.48 bits per heavy atom. The van der Waals surface area contributed by atoms with Crippen LogP contribution < -0.4 is 5.32 Å². The summed E-state index contributed by atoms with van der Waals surface area (Å²) in [7, 11) is 1.70. The summed E-state index contributed by atoms with van der Waals surface area (Å²) in [6.07, 6.45) is 0.734. The van der Waals surface area contributed by atoms with Crippen molar-refractivity contribution in [1.29, 1.82) is 0 Å². The van der Waals surface area contributed by atoms with Crippen molar-refractivity contribution in [3.05, 3.63) is 77.1 Å². The first-order chi connectivity index (χ1) is 15.1. The molecule has 2 aromatic carbocycles. The van der Waals surface area contributed by atoms with Gasteiger partial charge >= 0.3 is 0 Å². The first-order valence-corrected chi connectivity index (χ1v) is 11.5. The molecule has 164 valence electrons. The lowest BCUT2D eigenvalue weighted by Gasteiger charge is -2.10. The number of hydrogen-bond acceptors (Lipinski definition) is 5. The molecule has 1 heterocycles. The molecule has 1 N–H and O–H groups in total. The highest BCUT2D eigenvalue weighted by Crippen LogP contribution is 2.23. The number of benzene rings is 2. The molecule has 3 rings (SSSR count). The zero-order chi connectivity index (χ0) is 22.1. The Morgan fingerprint density at radius 2 is 1.81 bits per heavy atom. The highest BCUT2D eigenvalue weighted by Gasteiger charge is 2.14. The number of aromatic nitrogens is 3. The number of carbonyl (C=O) groups excluding carboxylic acids is 1. The van der Waals surface area contributed by atoms with E-state index in [4.69, 9.17) is 4.74 Å². The molecule has 0 saturated carbocycles. The molecule has 0 saturated heterocycles. The minimum absolute atomic E-state index is 0.0298. The Hall–Kier alpha value is -2.64. The number of nitrogens with zero attached hydrogens (tertiary/aromatic N) is 3. The average molecular weight is 439 g/mol. The molecule has 6 nitrogen and oxygen atoms in total. The highest BCUT2D eigenvalue weighted by molar-refractivity contribution is 7.98. The monoisotopic (exact) mass is 438 g/mol. The highest BCUT2D eigenvalue weighted by atomic mass is 32.2. The van der Waals surface area contributed by atoms with E-state index < -0.39 is 0 Å². The topological polar surface area (TPSA) is 69.0 Å². The fraction of sp³-hybridized carbons (Fsp3) is 0.375. The quantitative estimate of drug-likeness (QED) is 0.455. The Morgan fingerprint density at radius 1 is 1.06 bits per heavy atom. The van der Waals surface area contributed by atoms with Crippen LogP contribution in [0.15, 0.2) is 59.8 Å². The van der Waals surface area contributed by atoms with Gasteiger partial charge < -0.3 is 14.6 Å². The number of carbonyl (C=O) groups is 1. The van der Waals surface area contributed by atoms with E-state index in [9.17, 15) is 4.79 Å². The molecular weight excluding hydrogens is 408 g/mol. The van der Waals surface area contributed by atoms with Gasteiger partial charge in [0.1, 0.15) is 5.82 Å². The van der Waals surface area contributed by atoms with Gasteiger partial charge in [0.15, 0.2) is 5.16 Å². The Bertz CT molecular complexity index is 955. The lowest BCUT2D eigenvalue weighted by atomic mass is 10.1. The fourth-order valence-corrected chi connectivity index (χ4v) is 3.98. The van der Waals surface area contributed by atoms with E-state index in [-0.39, 0.29) is 5.91 Å². The zero-order valence-electron chi connectivity index (χ0n) is 18.4. The SMILES string of the molecule is COCCn1c(Cc2ccccc2)nnc1SCc1ccc(C(=O)NCC(C)C)cc1. The van der Waals surface area contributed by atoms with Crippen LogP contribution in [0.1, 0.15) is 41.2 Å². The van der Waals surface area contributed by atoms with Gasteiger partial charge in [-0.25, -0.2) is 0 Å². The molecule has 31 heavy (non-hydrogen) atoms. The number of hydrogen-bond donors (Lipinski definition) is 1. The van der Waals surface area contributed by atoms with Crippen molar-refractivity contribution in [3.8, 4) is 0 Å². The third-order valence-corrected chi connectivity index (χ3v) is 5.81. The largest absolute Gasteiger partial charge is 0.383 e. The summed E-state index contributed by atoms with van der Waals surface area (Å²) in [5, 5.41) is 12.7. The Labute approximate surface area is 188 Å². The van der Waals surface area contributed by atoms with Gasteiger partial charge in [0.2, 0.25) is 0 Å². The maximum absolute atomic E-state index is 12.2. The van der Waals surface area contributed by atoms with Gasteiger partial charge in [-0.3, -0.25) is 4.79 Å². The Balaban J connectivity index is 1.64. The second-order valence-electron chi connectivity index (χ2n) is 7.80. The van der Waals surface area contributed by atoms with Crippen LogP contribution in [0.2, 0.25) is 0 Å². The predicted molar refractivity (Wildman–Crippen MR) is 124 cm³/mol. The van der Waals surface area contributed by atoms with Crippen LogP contribution >= 0.6 is 11.8 Å². The summed E-state index contributed by atoms with van der Waals surface area (Å²) in [6.45, 7) is 6.16. The number of rotatable bonds is 11. The minimum atomic E-state index is -0.0298. The summed E-state index contributed by atoms with van der Waals surface area (Å²) >= 11 is 1.64. The normalized spacial score (nSPS) is 11.1. The van der Waals surface area contributed by atoms with Crippen LogP contribution in [-0.2, 0) is 23.5 Å². The third kappa shape index (κ3) is 6.94. The van der Waals surface area contributed by atoms with Crippen LogP contribution in [0.5, 0.6) is 0 Å². The number of amides is 1. The second-order valence-corrected chi connectivity index (χ2v) is 8.74. The maximum atomic E-state index is 12.2. The van der Waals surface area contributed by atoms with Gasteiger partial charge in [-0.05, 0) is 29.2 Å². The molecule has 0 aliphatic rings. The molecular formula is C24H30N4O2S. The molecule has 1 amide bonds. The number of thioether (sulfide) groups is 1. The Kier molecular flexibility index (Phi) is 8.67. The van der Waals surface area contributed by atoms with Crippen molar-refractivity contribution < 1.29 is 9.53 Å². The van der Waals surface area contributed by atoms with E-state index in [1.807, 2.05) is 42.5 Å². The van der Waals surface area contributed by atoms with Gasteiger partial charge in [0.25, 0.3) is 5.91 Å². The van der Waals surface area contributed by atoms with E-state index in [1.54, 1.807) is 18.9 Å². The molecule has 1 aromatic heterocycles. The van der Waals surface area contributed by atoms with Gasteiger partial charge in [-0.1, -0.05) is 68.1 Å². The average Bonchev–Trinajstić information content (AvgIpc) is 3.16. The zero-order valence-corrected chi connectivity index (χ0v) is 19.2. The lowest BCUT2D eigenvalue weighted by Crippen LogP contribution is -2.27. The second kappa shape index (κ2) is 11.7. The van der Waals surface area contributed by atoms with E-state index in [1.165, 1.54) is 5.56 Å². The standard InChI is InChI=1S/C24H30N4O2S/c1-18(2)16-25-23(29)21-11-9-20(10-12-21)17-31-24-27-26-22(28(24)13-14-30-3)15-19-7-5-4-6-8-19/h4-12,18H,13-17H2,1-3H3,(H,25,29). The summed E-state index contributed by atoms with van der Waals surface area (Å²) < 4.78 is 7.42. The molecule has 0 fully saturated rings. The molecule has 0 unspecified atom stereocenters. The fourth-order valence-electron chi connectivity index (χ4n) is 3.04. The van der Waals surface area contributed by atoms with Crippen molar-refractivity contribution >= 4 is 17.7 Å². The maximum Gasteiger partial charge on any atom is 0.251 e. The number of methoxy groups -OCH3 is 1. The summed E-state index contributed by atoms with van der Waals surface area (Å²) in [6, 6.07) is 18.0. The molecule has 0 aliphatic heterocycles. The van der Waals surface area contributed by atoms with E-state index in [2.05, 4.69) is 46.1 Å². The van der Waals surface area contributed by atoms with Crippen molar-refractivity contribution in [2.24, 2.45) is 5.92 Å². The first-order valence-electron chi connectivity index (χ1n) is 10.5. The molecule has 0 bridgehead atoms.